The van der Waals surface area contributed by atoms with Gasteiger partial charge < -0.3 is 15.4 Å². The number of hydrogen-bond acceptors (Lipinski definition) is 6. The Morgan fingerprint density at radius 3 is 2.78 bits per heavy atom. The summed E-state index contributed by atoms with van der Waals surface area (Å²) in [7, 11) is 0. The molecule has 124 valence electrons. The molecule has 1 heterocycles. The van der Waals surface area contributed by atoms with Crippen LogP contribution in [0.4, 0.5) is 0 Å². The lowest BCUT2D eigenvalue weighted by Crippen LogP contribution is -2.32. The van der Waals surface area contributed by atoms with E-state index in [9.17, 15) is 14.4 Å². The van der Waals surface area contributed by atoms with Crippen molar-refractivity contribution in [3.63, 3.8) is 0 Å². The molecule has 23 heavy (non-hydrogen) atoms. The number of amides is 1. The third kappa shape index (κ3) is 5.75. The van der Waals surface area contributed by atoms with Gasteiger partial charge in [0.15, 0.2) is 5.16 Å². The number of nitriles is 1. The number of nitrogens with one attached hydrogen (secondary N) is 2. The molecule has 0 saturated carbocycles. The minimum absolute atomic E-state index is 0.00485. The Kier molecular flexibility index (Phi) is 7.28. The molecule has 0 aliphatic heterocycles. The second-order valence-electron chi connectivity index (χ2n) is 4.75. The van der Waals surface area contributed by atoms with Gasteiger partial charge in [-0.3, -0.25) is 14.4 Å². The van der Waals surface area contributed by atoms with Gasteiger partial charge in [0, 0.05) is 6.54 Å². The van der Waals surface area contributed by atoms with Gasteiger partial charge >= 0.3 is 5.97 Å². The van der Waals surface area contributed by atoms with Crippen molar-refractivity contribution in [1.82, 2.24) is 15.3 Å². The third-order valence-electron chi connectivity index (χ3n) is 2.87. The van der Waals surface area contributed by atoms with Gasteiger partial charge in [0.25, 0.3) is 5.56 Å². The summed E-state index contributed by atoms with van der Waals surface area (Å²) in [6, 6.07) is 1.84. The fourth-order valence-electron chi connectivity index (χ4n) is 1.74. The highest BCUT2D eigenvalue weighted by molar-refractivity contribution is 8.00. The van der Waals surface area contributed by atoms with E-state index >= 15 is 0 Å². The smallest absolute Gasteiger partial charge is 0.305 e. The summed E-state index contributed by atoms with van der Waals surface area (Å²) in [6.07, 6.45) is 1.08. The van der Waals surface area contributed by atoms with E-state index in [1.54, 1.807) is 6.92 Å². The Morgan fingerprint density at radius 2 is 2.22 bits per heavy atom. The van der Waals surface area contributed by atoms with Crippen molar-refractivity contribution >= 4 is 23.6 Å². The zero-order valence-electron chi connectivity index (χ0n) is 12.9. The molecule has 1 rings (SSSR count). The van der Waals surface area contributed by atoms with Crippen molar-refractivity contribution in [2.45, 2.75) is 43.5 Å². The van der Waals surface area contributed by atoms with Crippen LogP contribution in [-0.4, -0.2) is 38.7 Å². The van der Waals surface area contributed by atoms with Gasteiger partial charge in [-0.05, 0) is 13.3 Å². The number of aryl methyl sites for hydroxylation is 1. The average Bonchev–Trinajstić information content (AvgIpc) is 2.46. The first-order valence-corrected chi connectivity index (χ1v) is 7.96. The summed E-state index contributed by atoms with van der Waals surface area (Å²) in [4.78, 5) is 40.8. The van der Waals surface area contributed by atoms with E-state index in [-0.39, 0.29) is 29.6 Å². The number of rotatable bonds is 8. The van der Waals surface area contributed by atoms with E-state index in [4.69, 9.17) is 10.4 Å². The van der Waals surface area contributed by atoms with Crippen LogP contribution in [0.2, 0.25) is 0 Å². The third-order valence-corrected chi connectivity index (χ3v) is 3.85. The van der Waals surface area contributed by atoms with Crippen LogP contribution in [0, 0.1) is 11.3 Å². The lowest BCUT2D eigenvalue weighted by molar-refractivity contribution is -0.136. The number of thioether (sulfide) groups is 1. The summed E-state index contributed by atoms with van der Waals surface area (Å²) in [5.74, 6) is -1.34. The molecule has 9 heteroatoms. The van der Waals surface area contributed by atoms with Crippen LogP contribution in [0.3, 0.4) is 0 Å². The van der Waals surface area contributed by atoms with Crippen LogP contribution >= 0.6 is 11.8 Å². The van der Waals surface area contributed by atoms with Crippen LogP contribution in [0.15, 0.2) is 9.95 Å². The number of H-pyrrole nitrogens is 1. The number of carbonyl (C=O) groups is 2. The van der Waals surface area contributed by atoms with E-state index in [1.807, 2.05) is 13.0 Å². The van der Waals surface area contributed by atoms with Gasteiger partial charge in [-0.15, -0.1) is 0 Å². The Hall–Kier alpha value is -2.34. The first kappa shape index (κ1) is 18.7. The van der Waals surface area contributed by atoms with E-state index in [0.29, 0.717) is 12.1 Å². The lowest BCUT2D eigenvalue weighted by Gasteiger charge is -2.11. The van der Waals surface area contributed by atoms with Crippen LogP contribution in [0.5, 0.6) is 0 Å². The van der Waals surface area contributed by atoms with E-state index in [0.717, 1.165) is 18.2 Å². The maximum Gasteiger partial charge on any atom is 0.305 e. The summed E-state index contributed by atoms with van der Waals surface area (Å²) in [5, 5.41) is 19.7. The standard InChI is InChI=1S/C14H18N4O4S/c1-3-4-10-9(7-15)13(22)18-14(17-10)23-8(2)12(21)16-6-5-11(19)20/h8H,3-6H2,1-2H3,(H,16,21)(H,19,20)(H,17,18,22). The highest BCUT2D eigenvalue weighted by atomic mass is 32.2. The molecule has 1 aromatic heterocycles. The minimum Gasteiger partial charge on any atom is -0.481 e. The molecule has 0 radical (unpaired) electrons. The molecule has 1 aromatic rings. The molecule has 0 spiro atoms. The molecule has 3 N–H and O–H groups in total. The van der Waals surface area contributed by atoms with Crippen LogP contribution < -0.4 is 10.9 Å². The van der Waals surface area contributed by atoms with Crippen molar-refractivity contribution in [2.75, 3.05) is 6.54 Å². The molecule has 0 aliphatic carbocycles. The number of aromatic nitrogens is 2. The van der Waals surface area contributed by atoms with Crippen molar-refractivity contribution in [3.05, 3.63) is 21.6 Å². The number of carboxylic acid groups (broad SMARTS) is 1. The zero-order valence-corrected chi connectivity index (χ0v) is 13.7. The number of carbonyl (C=O) groups excluding carboxylic acids is 1. The Balaban J connectivity index is 2.80. The Bertz CT molecular complexity index is 680. The fourth-order valence-corrected chi connectivity index (χ4v) is 2.58. The fraction of sp³-hybridized carbons (Fsp3) is 0.500. The normalized spacial score (nSPS) is 11.5. The van der Waals surface area contributed by atoms with Gasteiger partial charge in [-0.25, -0.2) is 4.98 Å². The van der Waals surface area contributed by atoms with Gasteiger partial charge in [0.2, 0.25) is 5.91 Å². The van der Waals surface area contributed by atoms with E-state index in [1.165, 1.54) is 0 Å². The zero-order chi connectivity index (χ0) is 17.4. The number of nitrogens with zero attached hydrogens (tertiary/aromatic N) is 2. The van der Waals surface area contributed by atoms with Crippen molar-refractivity contribution in [2.24, 2.45) is 0 Å². The molecule has 1 unspecified atom stereocenters. The summed E-state index contributed by atoms with van der Waals surface area (Å²) < 4.78 is 0. The SMILES string of the molecule is CCCc1nc(SC(C)C(=O)NCCC(=O)O)[nH]c(=O)c1C#N. The van der Waals surface area contributed by atoms with Gasteiger partial charge in [-0.2, -0.15) is 5.26 Å². The first-order chi connectivity index (χ1) is 10.9. The number of carboxylic acids is 1. The predicted molar refractivity (Wildman–Crippen MR) is 84.1 cm³/mol. The maximum absolute atomic E-state index is 11.9. The average molecular weight is 338 g/mol. The molecular weight excluding hydrogens is 320 g/mol. The Morgan fingerprint density at radius 1 is 1.52 bits per heavy atom. The lowest BCUT2D eigenvalue weighted by atomic mass is 10.1. The quantitative estimate of drug-likeness (QED) is 0.468. The number of hydrogen-bond donors (Lipinski definition) is 3. The van der Waals surface area contributed by atoms with Crippen molar-refractivity contribution in [3.8, 4) is 6.07 Å². The van der Waals surface area contributed by atoms with Gasteiger partial charge in [0.1, 0.15) is 11.6 Å². The molecule has 0 bridgehead atoms. The van der Waals surface area contributed by atoms with Crippen molar-refractivity contribution in [1.29, 1.82) is 5.26 Å². The second-order valence-corrected chi connectivity index (χ2v) is 6.08. The summed E-state index contributed by atoms with van der Waals surface area (Å²) in [6.45, 7) is 3.57. The second kappa shape index (κ2) is 8.95. The summed E-state index contributed by atoms with van der Waals surface area (Å²) in [5.41, 5.74) is -0.110. The topological polar surface area (TPSA) is 136 Å². The maximum atomic E-state index is 11.9. The monoisotopic (exact) mass is 338 g/mol. The molecule has 8 nitrogen and oxygen atoms in total. The first-order valence-electron chi connectivity index (χ1n) is 7.08. The molecule has 0 saturated heterocycles. The predicted octanol–water partition coefficient (Wildman–Crippen LogP) is 0.666. The Labute approximate surface area is 137 Å². The molecule has 1 atom stereocenters. The number of aromatic amines is 1. The van der Waals surface area contributed by atoms with E-state index in [2.05, 4.69) is 15.3 Å². The largest absolute Gasteiger partial charge is 0.481 e. The van der Waals surface area contributed by atoms with Crippen LogP contribution in [0.1, 0.15) is 37.9 Å². The van der Waals surface area contributed by atoms with Crippen LogP contribution in [0.25, 0.3) is 0 Å². The molecule has 0 aromatic carbocycles. The highest BCUT2D eigenvalue weighted by Crippen LogP contribution is 2.19. The van der Waals surface area contributed by atoms with E-state index < -0.39 is 16.8 Å². The van der Waals surface area contributed by atoms with Crippen molar-refractivity contribution < 1.29 is 14.7 Å². The number of aliphatic carboxylic acids is 1. The van der Waals surface area contributed by atoms with Crippen LogP contribution in [-0.2, 0) is 16.0 Å². The highest BCUT2D eigenvalue weighted by Gasteiger charge is 2.18. The van der Waals surface area contributed by atoms with Gasteiger partial charge in [0.05, 0.1) is 17.4 Å². The van der Waals surface area contributed by atoms with Gasteiger partial charge in [-0.1, -0.05) is 25.1 Å². The molecule has 0 aliphatic rings. The molecular formula is C14H18N4O4S. The molecule has 0 fully saturated rings. The molecule has 1 amide bonds. The summed E-state index contributed by atoms with van der Waals surface area (Å²) >= 11 is 1.05. The minimum atomic E-state index is -0.993.